The maximum Gasteiger partial charge on any atom is 0.0709 e. The molecule has 1 nitrogen and oxygen atoms in total. The summed E-state index contributed by atoms with van der Waals surface area (Å²) in [6.07, 6.45) is 14.1. The van der Waals surface area contributed by atoms with Gasteiger partial charge in [-0.05, 0) is 65.2 Å². The Kier molecular flexibility index (Phi) is 7.05. The van der Waals surface area contributed by atoms with Gasteiger partial charge in [-0.25, -0.2) is 4.99 Å². The van der Waals surface area contributed by atoms with Crippen LogP contribution in [0.1, 0.15) is 50.3 Å². The number of hydrogen-bond donors (Lipinski definition) is 0. The van der Waals surface area contributed by atoms with Crippen molar-refractivity contribution >= 4 is 11.4 Å². The molecule has 1 aliphatic carbocycles. The molecule has 0 aromatic heterocycles. The predicted octanol–water partition coefficient (Wildman–Crippen LogP) is 8.00. The van der Waals surface area contributed by atoms with Gasteiger partial charge in [-0.1, -0.05) is 101 Å². The Balaban J connectivity index is 1.78. The molecule has 1 heteroatoms. The van der Waals surface area contributed by atoms with Gasteiger partial charge >= 0.3 is 0 Å². The van der Waals surface area contributed by atoms with E-state index in [4.69, 9.17) is 4.99 Å². The monoisotopic (exact) mass is 395 g/mol. The second-order valence-corrected chi connectivity index (χ2v) is 8.68. The molecule has 154 valence electrons. The van der Waals surface area contributed by atoms with E-state index in [1.807, 2.05) is 18.2 Å². The van der Waals surface area contributed by atoms with E-state index in [-0.39, 0.29) is 5.41 Å². The molecule has 0 fully saturated rings. The molecule has 0 heterocycles. The highest BCUT2D eigenvalue weighted by atomic mass is 14.7. The van der Waals surface area contributed by atoms with Crippen molar-refractivity contribution in [2.45, 2.75) is 52.4 Å². The molecule has 0 saturated heterocycles. The Morgan fingerprint density at radius 3 is 2.50 bits per heavy atom. The van der Waals surface area contributed by atoms with Crippen molar-refractivity contribution in [3.8, 4) is 0 Å². The molecular formula is C29H33N. The normalized spacial score (nSPS) is 15.8. The molecular weight excluding hydrogens is 362 g/mol. The summed E-state index contributed by atoms with van der Waals surface area (Å²) in [4.78, 5) is 4.84. The van der Waals surface area contributed by atoms with Crippen LogP contribution in [0.4, 0.5) is 5.69 Å². The zero-order valence-corrected chi connectivity index (χ0v) is 18.8. The molecule has 3 rings (SSSR count). The molecule has 1 aliphatic rings. The Morgan fingerprint density at radius 1 is 1.00 bits per heavy atom. The minimum Gasteiger partial charge on any atom is -0.248 e. The summed E-state index contributed by atoms with van der Waals surface area (Å²) in [5, 5.41) is 0. The van der Waals surface area contributed by atoms with E-state index in [0.717, 1.165) is 35.4 Å². The van der Waals surface area contributed by atoms with Crippen LogP contribution in [0.3, 0.4) is 0 Å². The Morgan fingerprint density at radius 2 is 1.73 bits per heavy atom. The fraction of sp³-hybridized carbons (Fsp3) is 0.276. The van der Waals surface area contributed by atoms with Crippen molar-refractivity contribution in [3.05, 3.63) is 113 Å². The van der Waals surface area contributed by atoms with Crippen LogP contribution < -0.4 is 0 Å². The van der Waals surface area contributed by atoms with Gasteiger partial charge in [0.1, 0.15) is 0 Å². The van der Waals surface area contributed by atoms with Crippen LogP contribution in [-0.2, 0) is 11.8 Å². The molecule has 0 unspecified atom stereocenters. The molecule has 30 heavy (non-hydrogen) atoms. The van der Waals surface area contributed by atoms with Crippen molar-refractivity contribution in [2.75, 3.05) is 0 Å². The SMILES string of the molecule is C=C1C=CC(/C=C/CC(C)(C)c2ccccc2CCC)=CC1=Nc1ccccc1C. The minimum absolute atomic E-state index is 0.100. The third-order valence-corrected chi connectivity index (χ3v) is 5.67. The highest BCUT2D eigenvalue weighted by Crippen LogP contribution is 2.31. The highest BCUT2D eigenvalue weighted by Gasteiger charge is 2.21. The van der Waals surface area contributed by atoms with E-state index >= 15 is 0 Å². The lowest BCUT2D eigenvalue weighted by Gasteiger charge is -2.26. The lowest BCUT2D eigenvalue weighted by Crippen LogP contribution is -2.18. The number of para-hydroxylation sites is 1. The minimum atomic E-state index is 0.100. The molecule has 0 N–H and O–H groups in total. The molecule has 0 bridgehead atoms. The zero-order chi connectivity index (χ0) is 21.6. The number of rotatable bonds is 7. The fourth-order valence-corrected chi connectivity index (χ4v) is 3.87. The van der Waals surface area contributed by atoms with E-state index < -0.39 is 0 Å². The van der Waals surface area contributed by atoms with E-state index in [1.165, 1.54) is 23.1 Å². The van der Waals surface area contributed by atoms with E-state index in [0.29, 0.717) is 0 Å². The maximum absolute atomic E-state index is 4.84. The first-order chi connectivity index (χ1) is 14.4. The number of benzene rings is 2. The second-order valence-electron chi connectivity index (χ2n) is 8.68. The third kappa shape index (κ3) is 5.36. The first-order valence-electron chi connectivity index (χ1n) is 10.9. The molecule has 0 atom stereocenters. The van der Waals surface area contributed by atoms with Crippen molar-refractivity contribution in [3.63, 3.8) is 0 Å². The smallest absolute Gasteiger partial charge is 0.0709 e. The summed E-state index contributed by atoms with van der Waals surface area (Å²) in [7, 11) is 0. The van der Waals surface area contributed by atoms with Crippen LogP contribution in [-0.4, -0.2) is 5.71 Å². The summed E-state index contributed by atoms with van der Waals surface area (Å²) in [6.45, 7) is 13.2. The van der Waals surface area contributed by atoms with E-state index in [1.54, 1.807) is 0 Å². The summed E-state index contributed by atoms with van der Waals surface area (Å²) in [6, 6.07) is 17.1. The van der Waals surface area contributed by atoms with Gasteiger partial charge in [0, 0.05) is 0 Å². The van der Waals surface area contributed by atoms with Crippen LogP contribution in [0.5, 0.6) is 0 Å². The first kappa shape index (κ1) is 21.8. The van der Waals surface area contributed by atoms with Crippen LogP contribution in [0.25, 0.3) is 0 Å². The lowest BCUT2D eigenvalue weighted by molar-refractivity contribution is 0.527. The number of aliphatic imine (C=N–C) groups is 1. The first-order valence-corrected chi connectivity index (χ1v) is 10.9. The van der Waals surface area contributed by atoms with Gasteiger partial charge in [0.25, 0.3) is 0 Å². The van der Waals surface area contributed by atoms with Gasteiger partial charge in [-0.2, -0.15) is 0 Å². The van der Waals surface area contributed by atoms with Crippen LogP contribution in [0, 0.1) is 6.92 Å². The lowest BCUT2D eigenvalue weighted by atomic mass is 9.78. The van der Waals surface area contributed by atoms with Gasteiger partial charge < -0.3 is 0 Å². The number of aryl methyl sites for hydroxylation is 2. The summed E-state index contributed by atoms with van der Waals surface area (Å²) in [5.74, 6) is 0. The summed E-state index contributed by atoms with van der Waals surface area (Å²) in [5.41, 5.74) is 8.24. The van der Waals surface area contributed by atoms with Gasteiger partial charge in [0.2, 0.25) is 0 Å². The van der Waals surface area contributed by atoms with Gasteiger partial charge in [0.15, 0.2) is 0 Å². The molecule has 0 saturated carbocycles. The van der Waals surface area contributed by atoms with Crippen LogP contribution in [0.15, 0.2) is 102 Å². The van der Waals surface area contributed by atoms with Crippen molar-refractivity contribution < 1.29 is 0 Å². The topological polar surface area (TPSA) is 12.4 Å². The van der Waals surface area contributed by atoms with E-state index in [9.17, 15) is 0 Å². The average Bonchev–Trinajstić information content (AvgIpc) is 2.72. The molecule has 0 radical (unpaired) electrons. The molecule has 2 aromatic rings. The van der Waals surface area contributed by atoms with Gasteiger partial charge in [-0.3, -0.25) is 0 Å². The number of allylic oxidation sites excluding steroid dienone is 7. The predicted molar refractivity (Wildman–Crippen MR) is 132 cm³/mol. The largest absolute Gasteiger partial charge is 0.248 e. The highest BCUT2D eigenvalue weighted by molar-refractivity contribution is 6.13. The van der Waals surface area contributed by atoms with Crippen molar-refractivity contribution in [2.24, 2.45) is 4.99 Å². The van der Waals surface area contributed by atoms with Crippen molar-refractivity contribution in [1.29, 1.82) is 0 Å². The summed E-state index contributed by atoms with van der Waals surface area (Å²) >= 11 is 0. The van der Waals surface area contributed by atoms with Crippen LogP contribution in [0.2, 0.25) is 0 Å². The second kappa shape index (κ2) is 9.71. The Hall–Kier alpha value is -2.93. The Bertz CT molecular complexity index is 1030. The molecule has 0 amide bonds. The van der Waals surface area contributed by atoms with Crippen LogP contribution >= 0.6 is 0 Å². The quantitative estimate of drug-likeness (QED) is 0.450. The molecule has 2 aromatic carbocycles. The van der Waals surface area contributed by atoms with Crippen molar-refractivity contribution in [1.82, 2.24) is 0 Å². The summed E-state index contributed by atoms with van der Waals surface area (Å²) < 4.78 is 0. The van der Waals surface area contributed by atoms with E-state index in [2.05, 4.69) is 95.0 Å². The standard InChI is InChI=1S/C29H33N/c1-6-12-25-15-8-9-16-26(25)29(4,5)20-11-14-24-19-18-23(3)28(21-24)30-27-17-10-7-13-22(27)2/h7-11,13-19,21H,3,6,12,20H2,1-2,4-5H3/b14-11+,30-28?. The molecule has 0 aliphatic heterocycles. The number of nitrogens with zero attached hydrogens (tertiary/aromatic N) is 1. The third-order valence-electron chi connectivity index (χ3n) is 5.67. The van der Waals surface area contributed by atoms with Gasteiger partial charge in [0.05, 0.1) is 11.4 Å². The molecule has 0 spiro atoms. The maximum atomic E-state index is 4.84. The number of hydrogen-bond acceptors (Lipinski definition) is 1. The Labute approximate surface area is 182 Å². The van der Waals surface area contributed by atoms with Gasteiger partial charge in [-0.15, -0.1) is 0 Å². The average molecular weight is 396 g/mol. The zero-order valence-electron chi connectivity index (χ0n) is 18.8. The fourth-order valence-electron chi connectivity index (χ4n) is 3.87.